The number of anilines is 3. The lowest BCUT2D eigenvalue weighted by atomic mass is 9.94. The van der Waals surface area contributed by atoms with E-state index in [0.29, 0.717) is 41.0 Å². The lowest BCUT2D eigenvalue weighted by Gasteiger charge is -2.35. The van der Waals surface area contributed by atoms with Crippen LogP contribution < -0.4 is 10.2 Å². The third-order valence-corrected chi connectivity index (χ3v) is 5.79. The summed E-state index contributed by atoms with van der Waals surface area (Å²) in [6.45, 7) is 8.35. The van der Waals surface area contributed by atoms with E-state index < -0.39 is 12.2 Å². The van der Waals surface area contributed by atoms with Crippen molar-refractivity contribution in [2.24, 2.45) is 11.8 Å². The first-order valence-corrected chi connectivity index (χ1v) is 11.4. The largest absolute Gasteiger partial charge is 0.384 e. The van der Waals surface area contributed by atoms with Crippen molar-refractivity contribution < 1.29 is 19.0 Å². The second kappa shape index (κ2) is 11.5. The second-order valence-electron chi connectivity index (χ2n) is 8.54. The summed E-state index contributed by atoms with van der Waals surface area (Å²) in [6.07, 6.45) is 2.08. The fraction of sp³-hybridized carbons (Fsp3) is 0.542. The second-order valence-corrected chi connectivity index (χ2v) is 8.54. The van der Waals surface area contributed by atoms with Gasteiger partial charge in [0.25, 0.3) is 0 Å². The number of nitrogens with zero attached hydrogens (tertiary/aromatic N) is 3. The van der Waals surface area contributed by atoms with Gasteiger partial charge in [-0.15, -0.1) is 0 Å². The van der Waals surface area contributed by atoms with E-state index in [4.69, 9.17) is 14.9 Å². The summed E-state index contributed by atoms with van der Waals surface area (Å²) in [5.74, 6) is 0.192. The average Bonchev–Trinajstić information content (AvgIpc) is 2.79. The van der Waals surface area contributed by atoms with Crippen LogP contribution in [0.2, 0.25) is 0 Å². The molecule has 1 unspecified atom stereocenters. The van der Waals surface area contributed by atoms with Crippen molar-refractivity contribution in [3.8, 4) is 0 Å². The molecule has 0 saturated carbocycles. The first-order chi connectivity index (χ1) is 15.8. The molecule has 8 nitrogen and oxygen atoms in total. The fourth-order valence-electron chi connectivity index (χ4n) is 4.01. The van der Waals surface area contributed by atoms with Crippen molar-refractivity contribution in [3.63, 3.8) is 0 Å². The lowest BCUT2D eigenvalue weighted by molar-refractivity contribution is -0.101. The predicted octanol–water partition coefficient (Wildman–Crippen LogP) is 4.27. The number of aliphatic hydroxyl groups excluding tert-OH is 1. The summed E-state index contributed by atoms with van der Waals surface area (Å²) in [5.41, 5.74) is 2.65. The number of hydrogen-bond donors (Lipinski definition) is 3. The summed E-state index contributed by atoms with van der Waals surface area (Å²) in [7, 11) is 1.72. The van der Waals surface area contributed by atoms with E-state index in [0.717, 1.165) is 38.2 Å². The van der Waals surface area contributed by atoms with Gasteiger partial charge >= 0.3 is 0 Å². The van der Waals surface area contributed by atoms with Crippen LogP contribution in [0.3, 0.4) is 0 Å². The van der Waals surface area contributed by atoms with E-state index in [1.165, 1.54) is 12.3 Å². The Balaban J connectivity index is 2.09. The van der Waals surface area contributed by atoms with Crippen molar-refractivity contribution in [1.82, 2.24) is 9.97 Å². The van der Waals surface area contributed by atoms with Crippen molar-refractivity contribution in [3.05, 3.63) is 41.6 Å². The van der Waals surface area contributed by atoms with E-state index >= 15 is 0 Å². The van der Waals surface area contributed by atoms with E-state index in [1.54, 1.807) is 20.1 Å². The molecule has 3 rings (SSSR count). The van der Waals surface area contributed by atoms with Gasteiger partial charge in [-0.3, -0.25) is 0 Å². The molecule has 2 aromatic rings. The molecule has 0 spiro atoms. The highest BCUT2D eigenvalue weighted by molar-refractivity contribution is 6.08. The van der Waals surface area contributed by atoms with Crippen molar-refractivity contribution >= 4 is 22.9 Å². The summed E-state index contributed by atoms with van der Waals surface area (Å²) in [4.78, 5) is 10.4. The molecule has 0 aliphatic carbocycles. The lowest BCUT2D eigenvalue weighted by Crippen LogP contribution is -2.36. The molecule has 1 fully saturated rings. The fourth-order valence-corrected chi connectivity index (χ4v) is 4.01. The zero-order chi connectivity index (χ0) is 24.0. The Morgan fingerprint density at radius 3 is 2.67 bits per heavy atom. The SMILES string of the molecule is CCOC(O)c1cc(N2CCC(COC)CC2)c(C(=N)C(C)C)c(Nc2ccnc(F)c2)n1. The molecule has 180 valence electrons. The number of hydrogen-bond acceptors (Lipinski definition) is 8. The van der Waals surface area contributed by atoms with Crippen LogP contribution >= 0.6 is 0 Å². The molecule has 1 saturated heterocycles. The summed E-state index contributed by atoms with van der Waals surface area (Å²) in [6, 6.07) is 4.71. The van der Waals surface area contributed by atoms with Crippen LogP contribution in [0.25, 0.3) is 0 Å². The van der Waals surface area contributed by atoms with Crippen LogP contribution in [0.4, 0.5) is 21.6 Å². The van der Waals surface area contributed by atoms with Gasteiger partial charge in [0, 0.05) is 57.1 Å². The highest BCUT2D eigenvalue weighted by Crippen LogP contribution is 2.35. The van der Waals surface area contributed by atoms with E-state index in [2.05, 4.69) is 20.2 Å². The predicted molar refractivity (Wildman–Crippen MR) is 127 cm³/mol. The van der Waals surface area contributed by atoms with Crippen LogP contribution in [-0.2, 0) is 9.47 Å². The Labute approximate surface area is 194 Å². The van der Waals surface area contributed by atoms with Gasteiger partial charge < -0.3 is 30.2 Å². The summed E-state index contributed by atoms with van der Waals surface area (Å²) in [5, 5.41) is 22.6. The number of piperidine rings is 1. The van der Waals surface area contributed by atoms with Gasteiger partial charge in [-0.1, -0.05) is 13.8 Å². The molecule has 0 aromatic carbocycles. The quantitative estimate of drug-likeness (QED) is 0.277. The Bertz CT molecular complexity index is 948. The molecule has 3 N–H and O–H groups in total. The first kappa shape index (κ1) is 25.0. The van der Waals surface area contributed by atoms with Gasteiger partial charge in [0.05, 0.1) is 11.3 Å². The third kappa shape index (κ3) is 6.25. The molecule has 0 radical (unpaired) electrons. The molecule has 2 aromatic heterocycles. The minimum atomic E-state index is -1.21. The van der Waals surface area contributed by atoms with Crippen LogP contribution in [-0.4, -0.2) is 54.2 Å². The molecule has 1 aliphatic heterocycles. The molecule has 0 bridgehead atoms. The molecular formula is C24H34FN5O3. The van der Waals surface area contributed by atoms with Gasteiger partial charge in [-0.25, -0.2) is 9.97 Å². The van der Waals surface area contributed by atoms with Crippen LogP contribution in [0.1, 0.15) is 51.2 Å². The number of aliphatic hydroxyl groups is 1. The number of nitrogens with one attached hydrogen (secondary N) is 2. The van der Waals surface area contributed by atoms with Gasteiger partial charge in [-0.2, -0.15) is 4.39 Å². The molecule has 3 heterocycles. The maximum atomic E-state index is 13.7. The average molecular weight is 460 g/mol. The number of rotatable bonds is 10. The highest BCUT2D eigenvalue weighted by Gasteiger charge is 2.27. The van der Waals surface area contributed by atoms with E-state index in [-0.39, 0.29) is 5.92 Å². The first-order valence-electron chi connectivity index (χ1n) is 11.4. The number of pyridine rings is 2. The van der Waals surface area contributed by atoms with Crippen LogP contribution in [0.5, 0.6) is 0 Å². The number of ether oxygens (including phenoxy) is 2. The van der Waals surface area contributed by atoms with Crippen molar-refractivity contribution in [1.29, 1.82) is 5.41 Å². The number of methoxy groups -OCH3 is 1. The van der Waals surface area contributed by atoms with Crippen LogP contribution in [0.15, 0.2) is 24.4 Å². The van der Waals surface area contributed by atoms with Gasteiger partial charge in [0.2, 0.25) is 5.95 Å². The topological polar surface area (TPSA) is 104 Å². The Hall–Kier alpha value is -2.62. The standard InChI is InChI=1S/C24H34FN5O3/c1-5-33-24(31)18-13-19(30-10-7-16(8-11-30)14-32-4)21(22(26)15(2)3)23(29-18)28-17-6-9-27-20(25)12-17/h6,9,12-13,15-16,24,26,31H,5,7-8,10-11,14H2,1-4H3,(H,27,28,29). The Morgan fingerprint density at radius 1 is 1.33 bits per heavy atom. The third-order valence-electron chi connectivity index (χ3n) is 5.79. The summed E-state index contributed by atoms with van der Waals surface area (Å²) >= 11 is 0. The molecule has 1 atom stereocenters. The molecule has 9 heteroatoms. The van der Waals surface area contributed by atoms with Crippen molar-refractivity contribution in [2.45, 2.75) is 39.9 Å². The normalized spacial score (nSPS) is 15.7. The number of halogens is 1. The zero-order valence-electron chi connectivity index (χ0n) is 19.8. The Morgan fingerprint density at radius 2 is 2.06 bits per heavy atom. The van der Waals surface area contributed by atoms with Gasteiger partial charge in [0.15, 0.2) is 6.29 Å². The summed E-state index contributed by atoms with van der Waals surface area (Å²) < 4.78 is 24.5. The molecule has 33 heavy (non-hydrogen) atoms. The molecular weight excluding hydrogens is 425 g/mol. The smallest absolute Gasteiger partial charge is 0.214 e. The van der Waals surface area contributed by atoms with Gasteiger partial charge in [0.1, 0.15) is 11.5 Å². The number of aromatic nitrogens is 2. The van der Waals surface area contributed by atoms with Gasteiger partial charge in [-0.05, 0) is 43.7 Å². The Kier molecular flexibility index (Phi) is 8.71. The van der Waals surface area contributed by atoms with Crippen molar-refractivity contribution in [2.75, 3.05) is 43.6 Å². The molecule has 1 aliphatic rings. The monoisotopic (exact) mass is 459 g/mol. The van der Waals surface area contributed by atoms with Crippen LogP contribution in [0, 0.1) is 23.2 Å². The van der Waals surface area contributed by atoms with E-state index in [1.807, 2.05) is 19.9 Å². The minimum absolute atomic E-state index is 0.0611. The zero-order valence-corrected chi connectivity index (χ0v) is 19.8. The molecule has 0 amide bonds. The minimum Gasteiger partial charge on any atom is -0.384 e. The highest BCUT2D eigenvalue weighted by atomic mass is 19.1. The maximum absolute atomic E-state index is 13.7. The maximum Gasteiger partial charge on any atom is 0.214 e. The van der Waals surface area contributed by atoms with E-state index in [9.17, 15) is 9.50 Å².